The summed E-state index contributed by atoms with van der Waals surface area (Å²) in [6, 6.07) is 13.3. The van der Waals surface area contributed by atoms with Crippen molar-refractivity contribution < 1.29 is 22.8 Å². The molecule has 37 heavy (non-hydrogen) atoms. The van der Waals surface area contributed by atoms with E-state index in [0.717, 1.165) is 63.6 Å². The highest BCUT2D eigenvalue weighted by molar-refractivity contribution is 5.96. The van der Waals surface area contributed by atoms with Crippen LogP contribution >= 0.6 is 0 Å². The van der Waals surface area contributed by atoms with Crippen molar-refractivity contribution in [3.8, 4) is 0 Å². The molecule has 2 fully saturated rings. The lowest BCUT2D eigenvalue weighted by Crippen LogP contribution is -2.46. The number of rotatable bonds is 8. The van der Waals surface area contributed by atoms with Crippen molar-refractivity contribution in [2.75, 3.05) is 44.2 Å². The predicted molar refractivity (Wildman–Crippen MR) is 137 cm³/mol. The van der Waals surface area contributed by atoms with Crippen LogP contribution in [0, 0.1) is 0 Å². The number of hydrogen-bond donors (Lipinski definition) is 1. The summed E-state index contributed by atoms with van der Waals surface area (Å²) in [5, 5.41) is 2.73. The quantitative estimate of drug-likeness (QED) is 0.488. The fraction of sp³-hybridized carbons (Fsp3) is 0.500. The number of nitrogens with one attached hydrogen (secondary N) is 1. The molecule has 0 radical (unpaired) electrons. The van der Waals surface area contributed by atoms with Gasteiger partial charge in [-0.2, -0.15) is 13.2 Å². The van der Waals surface area contributed by atoms with Crippen LogP contribution in [0.5, 0.6) is 0 Å². The first-order valence-electron chi connectivity index (χ1n) is 13.1. The Morgan fingerprint density at radius 1 is 1.03 bits per heavy atom. The van der Waals surface area contributed by atoms with E-state index in [-0.39, 0.29) is 18.0 Å². The van der Waals surface area contributed by atoms with E-state index in [9.17, 15) is 22.8 Å². The minimum absolute atomic E-state index is 0.129. The van der Waals surface area contributed by atoms with Gasteiger partial charge in [-0.15, -0.1) is 0 Å². The summed E-state index contributed by atoms with van der Waals surface area (Å²) in [7, 11) is 0. The number of likely N-dealkylation sites (tertiary alicyclic amines) is 1. The van der Waals surface area contributed by atoms with Gasteiger partial charge in [0.2, 0.25) is 5.91 Å². The molecule has 6 nitrogen and oxygen atoms in total. The van der Waals surface area contributed by atoms with Crippen molar-refractivity contribution in [3.05, 3.63) is 65.2 Å². The van der Waals surface area contributed by atoms with Gasteiger partial charge in [0, 0.05) is 44.8 Å². The molecule has 1 unspecified atom stereocenters. The summed E-state index contributed by atoms with van der Waals surface area (Å²) < 4.78 is 39.0. The zero-order valence-corrected chi connectivity index (χ0v) is 21.3. The maximum atomic E-state index is 13.0. The number of aryl methyl sites for hydroxylation is 1. The molecule has 2 aliphatic rings. The van der Waals surface area contributed by atoms with E-state index in [1.807, 2.05) is 24.0 Å². The topological polar surface area (TPSA) is 55.9 Å². The second-order valence-corrected chi connectivity index (χ2v) is 9.73. The van der Waals surface area contributed by atoms with Gasteiger partial charge in [0.1, 0.15) is 0 Å². The summed E-state index contributed by atoms with van der Waals surface area (Å²) in [5.41, 5.74) is 2.25. The molecule has 3 amide bonds. The normalized spacial score (nSPS) is 18.9. The molecule has 2 heterocycles. The zero-order valence-electron chi connectivity index (χ0n) is 21.3. The van der Waals surface area contributed by atoms with Gasteiger partial charge in [0.15, 0.2) is 0 Å². The van der Waals surface area contributed by atoms with Crippen molar-refractivity contribution >= 4 is 17.6 Å². The SMILES string of the molecule is CCNC(=O)N1C(=O)CCC1c1ccc(CCCCN2CCN(c3cccc(C(F)(F)F)c3)CC2)cc1. The zero-order chi connectivity index (χ0) is 26.4. The standard InChI is InChI=1S/C28H35F3N4O2/c1-2-32-27(37)35-25(13-14-26(35)36)22-11-9-21(10-12-22)6-3-4-15-33-16-18-34(19-17-33)24-8-5-7-23(20-24)28(29,30)31/h5,7-12,20,25H,2-4,6,13-19H2,1H3,(H,32,37). The Hall–Kier alpha value is -3.07. The lowest BCUT2D eigenvalue weighted by atomic mass is 10.0. The second kappa shape index (κ2) is 12.0. The number of nitrogens with zero attached hydrogens (tertiary/aromatic N) is 3. The number of anilines is 1. The van der Waals surface area contributed by atoms with Gasteiger partial charge in [-0.05, 0) is 68.5 Å². The van der Waals surface area contributed by atoms with E-state index >= 15 is 0 Å². The highest BCUT2D eigenvalue weighted by Gasteiger charge is 2.36. The minimum Gasteiger partial charge on any atom is -0.369 e. The molecule has 0 bridgehead atoms. The number of urea groups is 1. The number of imide groups is 1. The molecule has 0 aromatic heterocycles. The van der Waals surface area contributed by atoms with E-state index in [1.54, 1.807) is 6.07 Å². The molecule has 2 saturated heterocycles. The lowest BCUT2D eigenvalue weighted by Gasteiger charge is -2.36. The lowest BCUT2D eigenvalue weighted by molar-refractivity contribution is -0.137. The van der Waals surface area contributed by atoms with Crippen molar-refractivity contribution in [2.45, 2.75) is 51.2 Å². The average molecular weight is 517 g/mol. The number of unbranched alkanes of at least 4 members (excludes halogenated alkanes) is 1. The number of carbonyl (C=O) groups excluding carboxylic acids is 2. The number of halogens is 3. The van der Waals surface area contributed by atoms with E-state index in [1.165, 1.54) is 22.6 Å². The number of benzene rings is 2. The van der Waals surface area contributed by atoms with Crippen LogP contribution in [0.1, 0.15) is 55.3 Å². The molecule has 2 aliphatic heterocycles. The molecule has 0 aliphatic carbocycles. The Kier molecular flexibility index (Phi) is 8.74. The molecule has 1 N–H and O–H groups in total. The summed E-state index contributed by atoms with van der Waals surface area (Å²) >= 11 is 0. The first-order chi connectivity index (χ1) is 17.8. The highest BCUT2D eigenvalue weighted by Crippen LogP contribution is 2.33. The number of piperazine rings is 1. The van der Waals surface area contributed by atoms with E-state index in [0.29, 0.717) is 25.1 Å². The monoisotopic (exact) mass is 516 g/mol. The van der Waals surface area contributed by atoms with Crippen molar-refractivity contribution in [3.63, 3.8) is 0 Å². The van der Waals surface area contributed by atoms with Gasteiger partial charge in [0.25, 0.3) is 0 Å². The van der Waals surface area contributed by atoms with Crippen LogP contribution in [-0.4, -0.2) is 61.0 Å². The van der Waals surface area contributed by atoms with E-state index in [4.69, 9.17) is 0 Å². The fourth-order valence-electron chi connectivity index (χ4n) is 5.17. The average Bonchev–Trinajstić information content (AvgIpc) is 3.28. The smallest absolute Gasteiger partial charge is 0.369 e. The van der Waals surface area contributed by atoms with Crippen LogP contribution in [-0.2, 0) is 17.4 Å². The molecule has 2 aromatic carbocycles. The number of carbonyl (C=O) groups is 2. The maximum Gasteiger partial charge on any atom is 0.416 e. The number of hydrogen-bond acceptors (Lipinski definition) is 4. The third kappa shape index (κ3) is 6.83. The van der Waals surface area contributed by atoms with Crippen LogP contribution in [0.15, 0.2) is 48.5 Å². The van der Waals surface area contributed by atoms with Crippen LogP contribution in [0.3, 0.4) is 0 Å². The third-order valence-corrected chi connectivity index (χ3v) is 7.22. The first-order valence-corrected chi connectivity index (χ1v) is 13.1. The third-order valence-electron chi connectivity index (χ3n) is 7.22. The van der Waals surface area contributed by atoms with Gasteiger partial charge >= 0.3 is 12.2 Å². The highest BCUT2D eigenvalue weighted by atomic mass is 19.4. The molecule has 4 rings (SSSR count). The fourth-order valence-corrected chi connectivity index (χ4v) is 5.17. The number of alkyl halides is 3. The Labute approximate surface area is 216 Å². The van der Waals surface area contributed by atoms with E-state index < -0.39 is 11.7 Å². The van der Waals surface area contributed by atoms with Crippen molar-refractivity contribution in [1.82, 2.24) is 15.1 Å². The first kappa shape index (κ1) is 27.0. The molecular weight excluding hydrogens is 481 g/mol. The Balaban J connectivity index is 1.19. The van der Waals surface area contributed by atoms with Gasteiger partial charge in [0.05, 0.1) is 11.6 Å². The largest absolute Gasteiger partial charge is 0.416 e. The summed E-state index contributed by atoms with van der Waals surface area (Å²) in [5.74, 6) is -0.129. The van der Waals surface area contributed by atoms with Crippen molar-refractivity contribution in [2.24, 2.45) is 0 Å². The van der Waals surface area contributed by atoms with Crippen molar-refractivity contribution in [1.29, 1.82) is 0 Å². The Morgan fingerprint density at radius 3 is 2.43 bits per heavy atom. The van der Waals surface area contributed by atoms with Gasteiger partial charge < -0.3 is 10.2 Å². The van der Waals surface area contributed by atoms with Gasteiger partial charge in [-0.25, -0.2) is 4.79 Å². The van der Waals surface area contributed by atoms with Crippen LogP contribution in [0.2, 0.25) is 0 Å². The molecule has 2 aromatic rings. The van der Waals surface area contributed by atoms with Gasteiger partial charge in [-0.1, -0.05) is 30.3 Å². The molecule has 200 valence electrons. The number of amides is 3. The Morgan fingerprint density at radius 2 is 1.76 bits per heavy atom. The summed E-state index contributed by atoms with van der Waals surface area (Å²) in [6.45, 7) is 6.42. The van der Waals surface area contributed by atoms with Crippen LogP contribution in [0.4, 0.5) is 23.7 Å². The maximum absolute atomic E-state index is 13.0. The molecule has 1 atom stereocenters. The minimum atomic E-state index is -4.32. The summed E-state index contributed by atoms with van der Waals surface area (Å²) in [4.78, 5) is 30.3. The Bertz CT molecular complexity index is 1070. The summed E-state index contributed by atoms with van der Waals surface area (Å²) in [6.07, 6.45) is -0.241. The second-order valence-electron chi connectivity index (χ2n) is 9.73. The molecule has 9 heteroatoms. The molecular formula is C28H35F3N4O2. The van der Waals surface area contributed by atoms with Crippen LogP contribution < -0.4 is 10.2 Å². The molecule has 0 saturated carbocycles. The van der Waals surface area contributed by atoms with E-state index in [2.05, 4.69) is 22.3 Å². The molecule has 0 spiro atoms. The van der Waals surface area contributed by atoms with Crippen LogP contribution in [0.25, 0.3) is 0 Å². The van der Waals surface area contributed by atoms with Gasteiger partial charge in [-0.3, -0.25) is 14.6 Å². The predicted octanol–water partition coefficient (Wildman–Crippen LogP) is 5.24.